The number of carbonyl (C=O) groups is 4. The van der Waals surface area contributed by atoms with Gasteiger partial charge in [0.1, 0.15) is 23.0 Å². The van der Waals surface area contributed by atoms with E-state index in [1.807, 2.05) is 24.3 Å². The summed E-state index contributed by atoms with van der Waals surface area (Å²) in [6, 6.07) is 34.0. The van der Waals surface area contributed by atoms with Gasteiger partial charge in [0.25, 0.3) is 0 Å². The van der Waals surface area contributed by atoms with Crippen molar-refractivity contribution >= 4 is 45.7 Å². The Bertz CT molecular complexity index is 2150. The number of ether oxygens (including phenoxy) is 4. The van der Waals surface area contributed by atoms with E-state index in [4.69, 9.17) is 18.9 Å². The highest BCUT2D eigenvalue weighted by atomic mass is 32.2. The molecule has 0 saturated carbocycles. The first-order chi connectivity index (χ1) is 35.3. The van der Waals surface area contributed by atoms with Crippen LogP contribution >= 0.6 is 23.5 Å². The fourth-order valence-electron chi connectivity index (χ4n) is 8.23. The summed E-state index contributed by atoms with van der Waals surface area (Å²) in [7, 11) is 0. The smallest absolute Gasteiger partial charge is 0.343 e. The van der Waals surface area contributed by atoms with Crippen LogP contribution in [0.25, 0.3) is 0 Å². The van der Waals surface area contributed by atoms with Gasteiger partial charge in [-0.15, -0.1) is 0 Å². The average Bonchev–Trinajstić information content (AvgIpc) is 3.40. The van der Waals surface area contributed by atoms with Gasteiger partial charge in [-0.05, 0) is 152 Å². The molecule has 0 amide bonds. The van der Waals surface area contributed by atoms with Crippen LogP contribution in [0.1, 0.15) is 209 Å². The van der Waals surface area contributed by atoms with Crippen molar-refractivity contribution in [3.8, 4) is 23.0 Å². The third kappa shape index (κ3) is 23.0. The maximum atomic E-state index is 13.1. The highest BCUT2D eigenvalue weighted by Crippen LogP contribution is 2.29. The van der Waals surface area contributed by atoms with E-state index in [1.54, 1.807) is 91.0 Å². The molecule has 10 heteroatoms. The summed E-state index contributed by atoms with van der Waals surface area (Å²) in [5.41, 5.74) is 1.48. The lowest BCUT2D eigenvalue weighted by Crippen LogP contribution is -2.12. The zero-order valence-electron chi connectivity index (χ0n) is 43.0. The summed E-state index contributed by atoms with van der Waals surface area (Å²) < 4.78 is 23.0. The summed E-state index contributed by atoms with van der Waals surface area (Å²) in [6.45, 7) is 5.86. The number of esters is 2. The van der Waals surface area contributed by atoms with Gasteiger partial charge in [0.2, 0.25) is 10.2 Å². The molecule has 0 aliphatic heterocycles. The Kier molecular flexibility index (Phi) is 27.9. The number of carbonyl (C=O) groups excluding carboxylic acids is 4. The van der Waals surface area contributed by atoms with Gasteiger partial charge in [0.05, 0.1) is 24.3 Å². The van der Waals surface area contributed by atoms with Crippen molar-refractivity contribution in [2.24, 2.45) is 0 Å². The quantitative estimate of drug-likeness (QED) is 0.0167. The fraction of sp³-hybridized carbons (Fsp3) is 0.452. The molecule has 72 heavy (non-hydrogen) atoms. The molecule has 0 spiro atoms. The summed E-state index contributed by atoms with van der Waals surface area (Å²) >= 11 is 2.17. The minimum atomic E-state index is -0.648. The van der Waals surface area contributed by atoms with E-state index in [-0.39, 0.29) is 21.4 Å². The number of benzene rings is 5. The fourth-order valence-corrected chi connectivity index (χ4v) is 9.71. The van der Waals surface area contributed by atoms with Crippen molar-refractivity contribution in [3.05, 3.63) is 144 Å². The predicted molar refractivity (Wildman–Crippen MR) is 296 cm³/mol. The maximum Gasteiger partial charge on any atom is 0.343 e. The minimum absolute atomic E-state index is 0.108. The number of thioether (sulfide) groups is 2. The molecular weight excluding hydrogens is 937 g/mol. The van der Waals surface area contributed by atoms with Crippen LogP contribution in [-0.4, -0.2) is 35.4 Å². The monoisotopic (exact) mass is 1010 g/mol. The molecule has 8 nitrogen and oxygen atoms in total. The Morgan fingerprint density at radius 2 is 0.625 bits per heavy atom. The molecule has 0 N–H and O–H groups in total. The normalized spacial score (nSPS) is 11.0. The molecule has 0 heterocycles. The minimum Gasteiger partial charge on any atom is -0.494 e. The van der Waals surface area contributed by atoms with Crippen LogP contribution in [0, 0.1) is 0 Å². The third-order valence-corrected chi connectivity index (χ3v) is 14.4. The summed E-state index contributed by atoms with van der Waals surface area (Å²) in [4.78, 5) is 53.7. The summed E-state index contributed by atoms with van der Waals surface area (Å²) in [5.74, 6) is 0.804. The van der Waals surface area contributed by atoms with Crippen molar-refractivity contribution in [3.63, 3.8) is 0 Å². The van der Waals surface area contributed by atoms with E-state index in [0.717, 1.165) is 47.9 Å². The zero-order chi connectivity index (χ0) is 50.9. The molecule has 0 aliphatic rings. The van der Waals surface area contributed by atoms with Crippen LogP contribution in [-0.2, 0) is 0 Å². The third-order valence-electron chi connectivity index (χ3n) is 12.5. The second kappa shape index (κ2) is 34.9. The van der Waals surface area contributed by atoms with Gasteiger partial charge in [-0.1, -0.05) is 161 Å². The zero-order valence-corrected chi connectivity index (χ0v) is 44.6. The highest BCUT2D eigenvalue weighted by Gasteiger charge is 2.16. The molecule has 0 radical (unpaired) electrons. The van der Waals surface area contributed by atoms with E-state index >= 15 is 0 Å². The Hall–Kier alpha value is -5.32. The van der Waals surface area contributed by atoms with Crippen LogP contribution in [0.4, 0.5) is 0 Å². The van der Waals surface area contributed by atoms with Crippen LogP contribution in [0.2, 0.25) is 0 Å². The lowest BCUT2D eigenvalue weighted by molar-refractivity contribution is 0.0734. The summed E-state index contributed by atoms with van der Waals surface area (Å²) in [6.07, 6.45) is 31.2. The lowest BCUT2D eigenvalue weighted by atomic mass is 10.1. The summed E-state index contributed by atoms with van der Waals surface area (Å²) in [5, 5.41) is -0.216. The molecule has 0 aliphatic carbocycles. The van der Waals surface area contributed by atoms with Crippen LogP contribution in [0.5, 0.6) is 23.0 Å². The van der Waals surface area contributed by atoms with Crippen LogP contribution < -0.4 is 18.9 Å². The molecule has 0 unspecified atom stereocenters. The molecule has 0 bridgehead atoms. The molecule has 0 aromatic heterocycles. The first-order valence-electron chi connectivity index (χ1n) is 27.0. The highest BCUT2D eigenvalue weighted by molar-refractivity contribution is 8.14. The van der Waals surface area contributed by atoms with E-state index in [9.17, 15) is 19.2 Å². The molecule has 0 atom stereocenters. The first-order valence-corrected chi connectivity index (χ1v) is 28.6. The van der Waals surface area contributed by atoms with Gasteiger partial charge in [0, 0.05) is 20.9 Å². The van der Waals surface area contributed by atoms with Crippen molar-refractivity contribution < 1.29 is 38.1 Å². The molecule has 5 aromatic carbocycles. The maximum absolute atomic E-state index is 13.1. The van der Waals surface area contributed by atoms with Crippen molar-refractivity contribution in [1.82, 2.24) is 0 Å². The molecule has 5 rings (SSSR count). The van der Waals surface area contributed by atoms with Gasteiger partial charge in [-0.3, -0.25) is 9.59 Å². The Labute approximate surface area is 439 Å². The van der Waals surface area contributed by atoms with Crippen LogP contribution in [0.15, 0.2) is 131 Å². The topological polar surface area (TPSA) is 105 Å². The number of rotatable bonds is 36. The van der Waals surface area contributed by atoms with Gasteiger partial charge < -0.3 is 18.9 Å². The van der Waals surface area contributed by atoms with E-state index in [2.05, 4.69) is 13.8 Å². The van der Waals surface area contributed by atoms with Crippen LogP contribution in [0.3, 0.4) is 0 Å². The van der Waals surface area contributed by atoms with Crippen molar-refractivity contribution in [2.45, 2.75) is 178 Å². The largest absolute Gasteiger partial charge is 0.494 e. The number of hydrogen-bond acceptors (Lipinski definition) is 10. The van der Waals surface area contributed by atoms with Gasteiger partial charge in [-0.2, -0.15) is 0 Å². The predicted octanol–water partition coefficient (Wildman–Crippen LogP) is 18.1. The Balaban J connectivity index is 0.947. The standard InChI is InChI=1S/C62H78O8S2/c1-3-5-7-9-11-13-15-17-19-21-23-25-46-67-53-34-30-49(31-35-53)61(65)71-57-42-38-55(39-43-57)69-59(63)51-28-27-29-52(48-51)60(64)70-56-40-44-58(45-41-56)72-62(66)50-32-36-54(37-33-50)68-47-26-24-22-20-18-16-14-12-10-8-6-4-2/h27-45,48H,3-26,46-47H2,1-2H3. The molecular formula is C62H78O8S2. The van der Waals surface area contributed by atoms with E-state index in [0.29, 0.717) is 45.6 Å². The van der Waals surface area contributed by atoms with Crippen molar-refractivity contribution in [1.29, 1.82) is 0 Å². The molecule has 0 saturated heterocycles. The molecule has 5 aromatic rings. The van der Waals surface area contributed by atoms with Gasteiger partial charge in [0.15, 0.2) is 0 Å². The average molecular weight is 1020 g/mol. The number of unbranched alkanes of at least 4 members (excludes halogenated alkanes) is 22. The molecule has 386 valence electrons. The van der Waals surface area contributed by atoms with Gasteiger partial charge >= 0.3 is 11.9 Å². The Morgan fingerprint density at radius 3 is 0.944 bits per heavy atom. The van der Waals surface area contributed by atoms with Gasteiger partial charge in [-0.25, -0.2) is 9.59 Å². The second-order valence-corrected chi connectivity index (χ2v) is 20.7. The second-order valence-electron chi connectivity index (χ2n) is 18.6. The van der Waals surface area contributed by atoms with E-state index in [1.165, 1.54) is 147 Å². The Morgan fingerprint density at radius 1 is 0.333 bits per heavy atom. The van der Waals surface area contributed by atoms with E-state index < -0.39 is 11.9 Å². The number of hydrogen-bond donors (Lipinski definition) is 0. The van der Waals surface area contributed by atoms with Crippen molar-refractivity contribution in [2.75, 3.05) is 13.2 Å². The SMILES string of the molecule is CCCCCCCCCCCCCCOc1ccc(C(=O)Sc2ccc(OC(=O)c3cccc(C(=O)Oc4ccc(SC(=O)c5ccc(OCCCCCCCCCCCCCC)cc5)cc4)c3)cc2)cc1. The molecule has 0 fully saturated rings. The lowest BCUT2D eigenvalue weighted by Gasteiger charge is -2.09. The first kappa shape index (κ1) is 57.6.